The lowest BCUT2D eigenvalue weighted by Gasteiger charge is -2.08. The molecule has 0 spiro atoms. The van der Waals surface area contributed by atoms with Crippen molar-refractivity contribution in [2.45, 2.75) is 12.8 Å². The summed E-state index contributed by atoms with van der Waals surface area (Å²) in [6, 6.07) is 3.48. The monoisotopic (exact) mass is 271 g/mol. The normalized spacial score (nSPS) is 9.73. The van der Waals surface area contributed by atoms with E-state index >= 15 is 0 Å². The molecule has 0 aliphatic rings. The van der Waals surface area contributed by atoms with Crippen LogP contribution in [0.1, 0.15) is 23.1 Å². The Hall–Kier alpha value is -1.53. The van der Waals surface area contributed by atoms with E-state index in [0.717, 1.165) is 0 Å². The Balaban J connectivity index is 3.47. The number of nitrogens with zero attached hydrogens (tertiary/aromatic N) is 3. The van der Waals surface area contributed by atoms with Crippen LogP contribution in [-0.2, 0) is 6.42 Å². The third-order valence-corrected chi connectivity index (χ3v) is 2.41. The number of aromatic nitrogens is 1. The van der Waals surface area contributed by atoms with Crippen molar-refractivity contribution in [1.82, 2.24) is 4.98 Å². The molecule has 0 aliphatic carbocycles. The van der Waals surface area contributed by atoms with Gasteiger partial charge in [0.2, 0.25) is 0 Å². The molecule has 3 nitrogen and oxygen atoms in total. The highest BCUT2D eigenvalue weighted by Gasteiger charge is 2.20. The van der Waals surface area contributed by atoms with E-state index in [9.17, 15) is 8.78 Å². The van der Waals surface area contributed by atoms with Gasteiger partial charge in [-0.15, -0.1) is 0 Å². The Kier molecular flexibility index (Phi) is 3.70. The molecular weight excluding hydrogens is 268 g/mol. The number of alkyl halides is 2. The van der Waals surface area contributed by atoms with Gasteiger partial charge in [-0.1, -0.05) is 0 Å². The number of rotatable bonds is 2. The fourth-order valence-corrected chi connectivity index (χ4v) is 1.64. The van der Waals surface area contributed by atoms with Crippen molar-refractivity contribution in [2.75, 3.05) is 0 Å². The number of hydrogen-bond acceptors (Lipinski definition) is 3. The second-order valence-corrected chi connectivity index (χ2v) is 3.35. The van der Waals surface area contributed by atoms with Gasteiger partial charge in [-0.05, 0) is 21.5 Å². The van der Waals surface area contributed by atoms with Gasteiger partial charge in [-0.25, -0.2) is 13.8 Å². The minimum atomic E-state index is -2.76. The molecule has 1 aromatic heterocycles. The molecule has 0 bridgehead atoms. The Morgan fingerprint density at radius 3 is 2.60 bits per heavy atom. The molecule has 0 N–H and O–H groups in total. The Morgan fingerprint density at radius 1 is 1.47 bits per heavy atom. The molecule has 0 aliphatic heterocycles. The van der Waals surface area contributed by atoms with Crippen LogP contribution in [0.5, 0.6) is 0 Å². The second-order valence-electron chi connectivity index (χ2n) is 2.60. The maximum atomic E-state index is 12.6. The molecule has 0 amide bonds. The van der Waals surface area contributed by atoms with Crippen molar-refractivity contribution < 1.29 is 8.78 Å². The van der Waals surface area contributed by atoms with Gasteiger partial charge in [0.1, 0.15) is 10.7 Å². The average molecular weight is 272 g/mol. The predicted molar refractivity (Wildman–Crippen MR) is 50.9 cm³/mol. The van der Waals surface area contributed by atoms with Crippen LogP contribution in [0, 0.1) is 22.7 Å². The summed E-state index contributed by atoms with van der Waals surface area (Å²) >= 11 is 2.87. The highest BCUT2D eigenvalue weighted by Crippen LogP contribution is 2.31. The molecule has 0 saturated heterocycles. The molecule has 0 atom stereocenters. The Morgan fingerprint density at radius 2 is 2.13 bits per heavy atom. The van der Waals surface area contributed by atoms with Crippen molar-refractivity contribution >= 4 is 15.9 Å². The van der Waals surface area contributed by atoms with Gasteiger partial charge < -0.3 is 0 Å². The highest BCUT2D eigenvalue weighted by molar-refractivity contribution is 9.10. The van der Waals surface area contributed by atoms with Crippen LogP contribution in [0.25, 0.3) is 0 Å². The van der Waals surface area contributed by atoms with E-state index in [1.807, 2.05) is 0 Å². The number of pyridine rings is 1. The molecule has 0 aromatic carbocycles. The van der Waals surface area contributed by atoms with E-state index in [4.69, 9.17) is 10.5 Å². The van der Waals surface area contributed by atoms with Gasteiger partial charge in [0.05, 0.1) is 23.6 Å². The Labute approximate surface area is 93.1 Å². The number of nitriles is 2. The summed E-state index contributed by atoms with van der Waals surface area (Å²) in [4.78, 5) is 3.62. The zero-order chi connectivity index (χ0) is 11.4. The van der Waals surface area contributed by atoms with Crippen LogP contribution in [0.2, 0.25) is 0 Å². The highest BCUT2D eigenvalue weighted by atomic mass is 79.9. The first-order valence-corrected chi connectivity index (χ1v) is 4.63. The number of hydrogen-bond donors (Lipinski definition) is 0. The zero-order valence-corrected chi connectivity index (χ0v) is 8.92. The topological polar surface area (TPSA) is 60.5 Å². The van der Waals surface area contributed by atoms with Gasteiger partial charge in [0.25, 0.3) is 6.43 Å². The zero-order valence-electron chi connectivity index (χ0n) is 7.34. The molecule has 0 saturated carbocycles. The van der Waals surface area contributed by atoms with Gasteiger partial charge in [0, 0.05) is 6.20 Å². The van der Waals surface area contributed by atoms with E-state index in [-0.39, 0.29) is 27.7 Å². The lowest BCUT2D eigenvalue weighted by molar-refractivity contribution is 0.149. The summed E-state index contributed by atoms with van der Waals surface area (Å²) < 4.78 is 25.3. The maximum absolute atomic E-state index is 12.6. The second kappa shape index (κ2) is 4.81. The van der Waals surface area contributed by atoms with E-state index in [2.05, 4.69) is 20.9 Å². The molecule has 0 fully saturated rings. The third-order valence-electron chi connectivity index (χ3n) is 1.77. The molecule has 76 valence electrons. The molecule has 1 aromatic rings. The standard InChI is InChI=1S/C9H4BrF2N3/c10-8-7(9(11)12)6(1-2-13)5(3-14)4-15-8/h4,9H,1H2. The molecule has 0 radical (unpaired) electrons. The molecule has 1 rings (SSSR count). The van der Waals surface area contributed by atoms with Crippen LogP contribution in [0.4, 0.5) is 8.78 Å². The lowest BCUT2D eigenvalue weighted by Crippen LogP contribution is -2.01. The maximum Gasteiger partial charge on any atom is 0.266 e. The van der Waals surface area contributed by atoms with Gasteiger partial charge in [0.15, 0.2) is 0 Å². The summed E-state index contributed by atoms with van der Waals surface area (Å²) in [6.07, 6.45) is -1.82. The Bertz CT molecular complexity index is 460. The first-order chi connectivity index (χ1) is 7.11. The fraction of sp³-hybridized carbons (Fsp3) is 0.222. The minimum Gasteiger partial charge on any atom is -0.247 e. The van der Waals surface area contributed by atoms with Crippen molar-refractivity contribution in [3.63, 3.8) is 0 Å². The van der Waals surface area contributed by atoms with Crippen molar-refractivity contribution in [2.24, 2.45) is 0 Å². The summed E-state index contributed by atoms with van der Waals surface area (Å²) in [7, 11) is 0. The predicted octanol–water partition coefficient (Wildman–Crippen LogP) is 2.72. The van der Waals surface area contributed by atoms with Crippen molar-refractivity contribution in [3.05, 3.63) is 27.5 Å². The largest absolute Gasteiger partial charge is 0.266 e. The van der Waals surface area contributed by atoms with Crippen LogP contribution in [-0.4, -0.2) is 4.98 Å². The average Bonchev–Trinajstić information content (AvgIpc) is 2.18. The van der Waals surface area contributed by atoms with Gasteiger partial charge in [-0.2, -0.15) is 10.5 Å². The summed E-state index contributed by atoms with van der Waals surface area (Å²) in [5.74, 6) is 0. The van der Waals surface area contributed by atoms with Crippen molar-refractivity contribution in [1.29, 1.82) is 10.5 Å². The van der Waals surface area contributed by atoms with Gasteiger partial charge >= 0.3 is 0 Å². The number of halogens is 3. The molecule has 1 heterocycles. The fourth-order valence-electron chi connectivity index (χ4n) is 1.13. The van der Waals surface area contributed by atoms with Crippen LogP contribution in [0.15, 0.2) is 10.8 Å². The van der Waals surface area contributed by atoms with E-state index in [0.29, 0.717) is 0 Å². The summed E-state index contributed by atoms with van der Waals surface area (Å²) in [6.45, 7) is 0. The smallest absolute Gasteiger partial charge is 0.247 e. The van der Waals surface area contributed by atoms with E-state index in [1.165, 1.54) is 6.20 Å². The summed E-state index contributed by atoms with van der Waals surface area (Å²) in [5.41, 5.74) is -0.331. The molecular formula is C9H4BrF2N3. The third kappa shape index (κ3) is 2.28. The SMILES string of the molecule is N#CCc1c(C#N)cnc(Br)c1C(F)F. The minimum absolute atomic E-state index is 0.00931. The van der Waals surface area contributed by atoms with E-state index < -0.39 is 6.43 Å². The molecule has 6 heteroatoms. The van der Waals surface area contributed by atoms with Crippen LogP contribution < -0.4 is 0 Å². The lowest BCUT2D eigenvalue weighted by atomic mass is 10.0. The van der Waals surface area contributed by atoms with E-state index in [1.54, 1.807) is 12.1 Å². The van der Waals surface area contributed by atoms with Crippen LogP contribution in [0.3, 0.4) is 0 Å². The quantitative estimate of drug-likeness (QED) is 0.777. The van der Waals surface area contributed by atoms with Crippen molar-refractivity contribution in [3.8, 4) is 12.1 Å². The first-order valence-electron chi connectivity index (χ1n) is 3.84. The summed E-state index contributed by atoms with van der Waals surface area (Å²) in [5, 5.41) is 17.2. The molecule has 0 unspecified atom stereocenters. The van der Waals surface area contributed by atoms with Crippen LogP contribution >= 0.6 is 15.9 Å². The van der Waals surface area contributed by atoms with Gasteiger partial charge in [-0.3, -0.25) is 0 Å². The molecule has 15 heavy (non-hydrogen) atoms. The first kappa shape index (κ1) is 11.5.